The van der Waals surface area contributed by atoms with Crippen molar-refractivity contribution >= 4 is 9.84 Å². The summed E-state index contributed by atoms with van der Waals surface area (Å²) >= 11 is 0. The molecule has 2 N–H and O–H groups in total. The maximum absolute atomic E-state index is 12.2. The summed E-state index contributed by atoms with van der Waals surface area (Å²) in [6.45, 7) is 6.78. The summed E-state index contributed by atoms with van der Waals surface area (Å²) in [7, 11) is -3.14. The van der Waals surface area contributed by atoms with E-state index in [1.165, 1.54) is 0 Å². The highest BCUT2D eigenvalue weighted by atomic mass is 32.2. The summed E-state index contributed by atoms with van der Waals surface area (Å²) in [5, 5.41) is 3.97. The predicted octanol–water partition coefficient (Wildman–Crippen LogP) is 1.12. The molecule has 1 unspecified atom stereocenters. The molecule has 0 radical (unpaired) electrons. The van der Waals surface area contributed by atoms with Crippen molar-refractivity contribution in [2.24, 2.45) is 5.73 Å². The molecule has 1 rings (SSSR count). The van der Waals surface area contributed by atoms with Crippen molar-refractivity contribution in [2.45, 2.75) is 51.2 Å². The Hall–Kier alpha value is -0.880. The molecule has 0 aromatic carbocycles. The van der Waals surface area contributed by atoms with Crippen LogP contribution in [0.2, 0.25) is 0 Å². The SMILES string of the molecule is CCc1cc(CS(=O)(=O)C(C)CCN)n(CC)n1. The molecule has 0 aliphatic carbocycles. The Morgan fingerprint density at radius 2 is 2.11 bits per heavy atom. The molecule has 6 heteroatoms. The molecule has 0 bridgehead atoms. The molecule has 1 aromatic heterocycles. The Morgan fingerprint density at radius 3 is 2.61 bits per heavy atom. The molecule has 0 saturated carbocycles. The summed E-state index contributed by atoms with van der Waals surface area (Å²) < 4.78 is 26.1. The van der Waals surface area contributed by atoms with E-state index in [9.17, 15) is 8.42 Å². The van der Waals surface area contributed by atoms with Crippen LogP contribution < -0.4 is 5.73 Å². The van der Waals surface area contributed by atoms with E-state index in [4.69, 9.17) is 5.73 Å². The van der Waals surface area contributed by atoms with Crippen LogP contribution in [0.4, 0.5) is 0 Å². The molecule has 18 heavy (non-hydrogen) atoms. The standard InChI is InChI=1S/C12H23N3O2S/c1-4-11-8-12(15(5-2)14-11)9-18(16,17)10(3)6-7-13/h8,10H,4-7,9,13H2,1-3H3. The predicted molar refractivity (Wildman–Crippen MR) is 73.0 cm³/mol. The first kappa shape index (κ1) is 15.2. The second-order valence-electron chi connectivity index (χ2n) is 4.49. The zero-order valence-corrected chi connectivity index (χ0v) is 12.2. The third-order valence-corrected chi connectivity index (χ3v) is 5.27. The van der Waals surface area contributed by atoms with Gasteiger partial charge in [-0.25, -0.2) is 8.42 Å². The minimum Gasteiger partial charge on any atom is -0.330 e. The Bertz CT molecular complexity index is 480. The van der Waals surface area contributed by atoms with Crippen LogP contribution in [0.1, 0.15) is 38.6 Å². The maximum atomic E-state index is 12.2. The van der Waals surface area contributed by atoms with Crippen molar-refractivity contribution in [2.75, 3.05) is 6.54 Å². The van der Waals surface area contributed by atoms with Crippen LogP contribution in [0.5, 0.6) is 0 Å². The molecule has 0 amide bonds. The van der Waals surface area contributed by atoms with Crippen molar-refractivity contribution < 1.29 is 8.42 Å². The lowest BCUT2D eigenvalue weighted by Gasteiger charge is -2.12. The average Bonchev–Trinajstić information content (AvgIpc) is 2.71. The first-order chi connectivity index (χ1) is 8.44. The molecule has 104 valence electrons. The molecule has 0 saturated heterocycles. The lowest BCUT2D eigenvalue weighted by Crippen LogP contribution is -2.23. The van der Waals surface area contributed by atoms with E-state index < -0.39 is 15.1 Å². The van der Waals surface area contributed by atoms with Gasteiger partial charge in [0, 0.05) is 6.54 Å². The van der Waals surface area contributed by atoms with E-state index in [0.29, 0.717) is 19.5 Å². The first-order valence-electron chi connectivity index (χ1n) is 6.41. The Morgan fingerprint density at radius 1 is 1.44 bits per heavy atom. The number of nitrogens with zero attached hydrogens (tertiary/aromatic N) is 2. The third kappa shape index (κ3) is 3.55. The van der Waals surface area contributed by atoms with Crippen molar-refractivity contribution in [3.63, 3.8) is 0 Å². The van der Waals surface area contributed by atoms with E-state index in [2.05, 4.69) is 5.10 Å². The fourth-order valence-corrected chi connectivity index (χ4v) is 3.26. The zero-order valence-electron chi connectivity index (χ0n) is 11.4. The molecule has 0 spiro atoms. The van der Waals surface area contributed by atoms with Gasteiger partial charge in [0.25, 0.3) is 0 Å². The number of hydrogen-bond acceptors (Lipinski definition) is 4. The smallest absolute Gasteiger partial charge is 0.158 e. The van der Waals surface area contributed by atoms with Crippen molar-refractivity contribution in [1.29, 1.82) is 0 Å². The number of sulfone groups is 1. The summed E-state index contributed by atoms with van der Waals surface area (Å²) in [4.78, 5) is 0. The van der Waals surface area contributed by atoms with Crippen molar-refractivity contribution in [1.82, 2.24) is 9.78 Å². The summed E-state index contributed by atoms with van der Waals surface area (Å²) in [6.07, 6.45) is 1.32. The highest BCUT2D eigenvalue weighted by Gasteiger charge is 2.22. The van der Waals surface area contributed by atoms with Crippen LogP contribution >= 0.6 is 0 Å². The van der Waals surface area contributed by atoms with Crippen molar-refractivity contribution in [3.8, 4) is 0 Å². The number of aromatic nitrogens is 2. The Balaban J connectivity index is 2.92. The average molecular weight is 273 g/mol. The van der Waals surface area contributed by atoms with Gasteiger partial charge in [-0.3, -0.25) is 4.68 Å². The van der Waals surface area contributed by atoms with Gasteiger partial charge < -0.3 is 5.73 Å². The van der Waals surface area contributed by atoms with Gasteiger partial charge >= 0.3 is 0 Å². The van der Waals surface area contributed by atoms with Gasteiger partial charge in [-0.15, -0.1) is 0 Å². The first-order valence-corrected chi connectivity index (χ1v) is 8.13. The lowest BCUT2D eigenvalue weighted by molar-refractivity contribution is 0.569. The molecule has 1 atom stereocenters. The van der Waals surface area contributed by atoms with Crippen LogP contribution in [-0.2, 0) is 28.6 Å². The highest BCUT2D eigenvalue weighted by Crippen LogP contribution is 2.15. The van der Waals surface area contributed by atoms with Crippen LogP contribution in [0.15, 0.2) is 6.07 Å². The number of aryl methyl sites for hydroxylation is 2. The van der Waals surface area contributed by atoms with Gasteiger partial charge in [0.2, 0.25) is 0 Å². The molecule has 5 nitrogen and oxygen atoms in total. The molecule has 0 fully saturated rings. The zero-order chi connectivity index (χ0) is 13.8. The second-order valence-corrected chi connectivity index (χ2v) is 6.91. The van der Waals surface area contributed by atoms with Crippen LogP contribution in [-0.4, -0.2) is 30.0 Å². The number of hydrogen-bond donors (Lipinski definition) is 1. The normalized spacial score (nSPS) is 13.8. The van der Waals surface area contributed by atoms with Gasteiger partial charge in [-0.05, 0) is 39.3 Å². The minimum absolute atomic E-state index is 0.0506. The molecule has 0 aliphatic heterocycles. The van der Waals surface area contributed by atoms with Gasteiger partial charge in [0.05, 0.1) is 22.4 Å². The number of rotatable bonds is 7. The van der Waals surface area contributed by atoms with Gasteiger partial charge in [-0.1, -0.05) is 6.92 Å². The van der Waals surface area contributed by atoms with Gasteiger partial charge in [0.15, 0.2) is 9.84 Å². The summed E-state index contributed by atoms with van der Waals surface area (Å²) in [5.41, 5.74) is 7.13. The molecule has 1 aromatic rings. The van der Waals surface area contributed by atoms with E-state index in [-0.39, 0.29) is 5.75 Å². The van der Waals surface area contributed by atoms with E-state index in [1.54, 1.807) is 11.6 Å². The van der Waals surface area contributed by atoms with Crippen LogP contribution in [0, 0.1) is 0 Å². The largest absolute Gasteiger partial charge is 0.330 e. The minimum atomic E-state index is -3.14. The molecular weight excluding hydrogens is 250 g/mol. The summed E-state index contributed by atoms with van der Waals surface area (Å²) in [6, 6.07) is 1.89. The fraction of sp³-hybridized carbons (Fsp3) is 0.750. The topological polar surface area (TPSA) is 78.0 Å². The van der Waals surface area contributed by atoms with Gasteiger partial charge in [-0.2, -0.15) is 5.10 Å². The molecule has 1 heterocycles. The van der Waals surface area contributed by atoms with Crippen molar-refractivity contribution in [3.05, 3.63) is 17.5 Å². The Kier molecular flexibility index (Phi) is 5.34. The maximum Gasteiger partial charge on any atom is 0.158 e. The quantitative estimate of drug-likeness (QED) is 0.807. The number of nitrogens with two attached hydrogens (primary N) is 1. The van der Waals surface area contributed by atoms with E-state index in [1.807, 2.05) is 19.9 Å². The van der Waals surface area contributed by atoms with Crippen LogP contribution in [0.25, 0.3) is 0 Å². The van der Waals surface area contributed by atoms with E-state index in [0.717, 1.165) is 17.8 Å². The molecular formula is C12H23N3O2S. The Labute approximate surface area is 109 Å². The van der Waals surface area contributed by atoms with Gasteiger partial charge in [0.1, 0.15) is 0 Å². The second kappa shape index (κ2) is 6.33. The fourth-order valence-electron chi connectivity index (χ4n) is 1.84. The molecule has 0 aliphatic rings. The lowest BCUT2D eigenvalue weighted by atomic mass is 10.3. The van der Waals surface area contributed by atoms with E-state index >= 15 is 0 Å². The monoisotopic (exact) mass is 273 g/mol. The highest BCUT2D eigenvalue weighted by molar-refractivity contribution is 7.91. The summed E-state index contributed by atoms with van der Waals surface area (Å²) in [5.74, 6) is 0.0506. The third-order valence-electron chi connectivity index (χ3n) is 3.11. The van der Waals surface area contributed by atoms with Crippen LogP contribution in [0.3, 0.4) is 0 Å².